The summed E-state index contributed by atoms with van der Waals surface area (Å²) in [5.74, 6) is -1.22. The number of pyridine rings is 1. The van der Waals surface area contributed by atoms with Gasteiger partial charge in [0, 0.05) is 25.0 Å². The predicted octanol–water partition coefficient (Wildman–Crippen LogP) is 4.38. The van der Waals surface area contributed by atoms with Gasteiger partial charge in [0.25, 0.3) is 5.56 Å². The maximum absolute atomic E-state index is 13.8. The lowest BCUT2D eigenvalue weighted by Crippen LogP contribution is -2.30. The summed E-state index contributed by atoms with van der Waals surface area (Å²) in [7, 11) is -3.02. The quantitative estimate of drug-likeness (QED) is 0.313. The lowest BCUT2D eigenvalue weighted by Gasteiger charge is -2.27. The Hall–Kier alpha value is -3.93. The van der Waals surface area contributed by atoms with Gasteiger partial charge in [0.15, 0.2) is 4.90 Å². The molecular formula is C29H28FN3O6S. The van der Waals surface area contributed by atoms with Crippen molar-refractivity contribution in [3.8, 4) is 17.0 Å². The Morgan fingerprint density at radius 1 is 1.10 bits per heavy atom. The summed E-state index contributed by atoms with van der Waals surface area (Å²) in [6.07, 6.45) is 0.702. The van der Waals surface area contributed by atoms with Crippen LogP contribution >= 0.6 is 0 Å². The highest BCUT2D eigenvalue weighted by Crippen LogP contribution is 2.37. The monoisotopic (exact) mass is 565 g/mol. The number of nitrogens with zero attached hydrogens (tertiary/aromatic N) is 3. The molecule has 0 aliphatic carbocycles. The van der Waals surface area contributed by atoms with Gasteiger partial charge >= 0.3 is 0 Å². The van der Waals surface area contributed by atoms with Crippen molar-refractivity contribution in [2.75, 3.05) is 20.3 Å². The number of aromatic nitrogens is 3. The van der Waals surface area contributed by atoms with Crippen molar-refractivity contribution in [2.24, 2.45) is 0 Å². The average molecular weight is 566 g/mol. The summed E-state index contributed by atoms with van der Waals surface area (Å²) in [5.41, 5.74) is 1.33. The first kappa shape index (κ1) is 27.6. The second kappa shape index (κ2) is 11.3. The first-order valence-electron chi connectivity index (χ1n) is 12.7. The third-order valence-corrected chi connectivity index (χ3v) is 8.71. The first-order valence-corrected chi connectivity index (χ1v) is 14.2. The summed E-state index contributed by atoms with van der Waals surface area (Å²) in [5, 5.41) is 11.6. The molecule has 1 N–H and O–H groups in total. The third-order valence-electron chi connectivity index (χ3n) is 6.92. The fourth-order valence-corrected chi connectivity index (χ4v) is 6.34. The molecule has 4 aromatic rings. The number of benzene rings is 2. The lowest BCUT2D eigenvalue weighted by atomic mass is 10.1. The second-order valence-corrected chi connectivity index (χ2v) is 11.4. The molecule has 0 saturated carbocycles. The number of ether oxygens (including phenoxy) is 2. The van der Waals surface area contributed by atoms with Crippen molar-refractivity contribution < 1.29 is 27.4 Å². The highest BCUT2D eigenvalue weighted by atomic mass is 32.2. The van der Waals surface area contributed by atoms with E-state index >= 15 is 0 Å². The molecule has 208 valence electrons. The van der Waals surface area contributed by atoms with Crippen LogP contribution in [0.2, 0.25) is 0 Å². The maximum atomic E-state index is 13.8. The van der Waals surface area contributed by atoms with Crippen LogP contribution in [0.3, 0.4) is 0 Å². The van der Waals surface area contributed by atoms with Crippen molar-refractivity contribution in [3.05, 3.63) is 100 Å². The molecule has 0 bridgehead atoms. The van der Waals surface area contributed by atoms with E-state index in [2.05, 4.69) is 9.97 Å². The van der Waals surface area contributed by atoms with Crippen LogP contribution in [-0.4, -0.2) is 48.4 Å². The van der Waals surface area contributed by atoms with Crippen LogP contribution in [-0.2, 0) is 19.3 Å². The van der Waals surface area contributed by atoms with E-state index in [4.69, 9.17) is 9.47 Å². The molecule has 0 amide bonds. The van der Waals surface area contributed by atoms with Gasteiger partial charge in [-0.25, -0.2) is 13.4 Å². The number of halogens is 1. The maximum Gasteiger partial charge on any atom is 0.296 e. The predicted molar refractivity (Wildman–Crippen MR) is 144 cm³/mol. The minimum atomic E-state index is -4.51. The van der Waals surface area contributed by atoms with E-state index in [-0.39, 0.29) is 17.3 Å². The Morgan fingerprint density at radius 3 is 2.45 bits per heavy atom. The van der Waals surface area contributed by atoms with Gasteiger partial charge in [0.2, 0.25) is 21.7 Å². The van der Waals surface area contributed by atoms with Gasteiger partial charge in [0.05, 0.1) is 17.5 Å². The van der Waals surface area contributed by atoms with Crippen LogP contribution in [0.25, 0.3) is 11.1 Å². The average Bonchev–Trinajstić information content (AvgIpc) is 3.47. The van der Waals surface area contributed by atoms with E-state index in [1.807, 2.05) is 30.3 Å². The van der Waals surface area contributed by atoms with Gasteiger partial charge in [-0.05, 0) is 55.2 Å². The smallest absolute Gasteiger partial charge is 0.296 e. The largest absolute Gasteiger partial charge is 0.493 e. The molecule has 2 atom stereocenters. The van der Waals surface area contributed by atoms with Crippen molar-refractivity contribution in [1.82, 2.24) is 14.5 Å². The zero-order chi connectivity index (χ0) is 28.4. The van der Waals surface area contributed by atoms with Gasteiger partial charge in [0.1, 0.15) is 11.9 Å². The van der Waals surface area contributed by atoms with E-state index in [0.29, 0.717) is 29.8 Å². The van der Waals surface area contributed by atoms with Gasteiger partial charge in [-0.15, -0.1) is 0 Å². The molecule has 1 fully saturated rings. The van der Waals surface area contributed by atoms with Crippen molar-refractivity contribution in [2.45, 2.75) is 41.7 Å². The van der Waals surface area contributed by atoms with Gasteiger partial charge in [-0.3, -0.25) is 9.36 Å². The van der Waals surface area contributed by atoms with E-state index in [1.54, 1.807) is 13.0 Å². The van der Waals surface area contributed by atoms with E-state index in [0.717, 1.165) is 12.0 Å². The molecule has 2 aromatic carbocycles. The Morgan fingerprint density at radius 2 is 1.82 bits per heavy atom. The van der Waals surface area contributed by atoms with Gasteiger partial charge in [-0.1, -0.05) is 42.5 Å². The van der Waals surface area contributed by atoms with Crippen molar-refractivity contribution in [1.29, 1.82) is 0 Å². The van der Waals surface area contributed by atoms with Crippen LogP contribution in [0.1, 0.15) is 42.1 Å². The number of aromatic hydroxyl groups is 1. The lowest BCUT2D eigenvalue weighted by molar-refractivity contribution is 0.0925. The Bertz CT molecular complexity index is 1690. The third kappa shape index (κ3) is 5.15. The molecule has 0 spiro atoms. The molecule has 11 heteroatoms. The minimum Gasteiger partial charge on any atom is -0.493 e. The number of hydrogen-bond donors (Lipinski definition) is 1. The van der Waals surface area contributed by atoms with Crippen LogP contribution in [0.15, 0.2) is 81.3 Å². The zero-order valence-corrected chi connectivity index (χ0v) is 22.8. The van der Waals surface area contributed by atoms with Crippen LogP contribution in [0.4, 0.5) is 4.39 Å². The molecule has 1 aliphatic rings. The Balaban J connectivity index is 1.65. The van der Waals surface area contributed by atoms with Crippen molar-refractivity contribution >= 4 is 9.84 Å². The fourth-order valence-electron chi connectivity index (χ4n) is 4.99. The second-order valence-electron chi connectivity index (χ2n) is 9.48. The fraction of sp³-hybridized carbons (Fsp3) is 0.276. The van der Waals surface area contributed by atoms with E-state index in [1.165, 1.54) is 42.0 Å². The molecule has 40 heavy (non-hydrogen) atoms. The number of hydrogen-bond acceptors (Lipinski definition) is 8. The molecule has 1 aliphatic heterocycles. The number of rotatable bonds is 8. The number of aryl methyl sites for hydroxylation is 1. The summed E-state index contributed by atoms with van der Waals surface area (Å²) >= 11 is 0. The van der Waals surface area contributed by atoms with Gasteiger partial charge in [-0.2, -0.15) is 9.37 Å². The van der Waals surface area contributed by atoms with E-state index < -0.39 is 44.3 Å². The molecule has 3 heterocycles. The topological polar surface area (TPSA) is 121 Å². The van der Waals surface area contributed by atoms with Crippen LogP contribution in [0, 0.1) is 12.9 Å². The van der Waals surface area contributed by atoms with E-state index in [9.17, 15) is 22.7 Å². The summed E-state index contributed by atoms with van der Waals surface area (Å²) in [4.78, 5) is 20.2. The van der Waals surface area contributed by atoms with Crippen LogP contribution in [0.5, 0.6) is 5.88 Å². The molecule has 2 unspecified atom stereocenters. The highest BCUT2D eigenvalue weighted by molar-refractivity contribution is 7.91. The Kier molecular flexibility index (Phi) is 7.79. The Labute approximate surface area is 230 Å². The molecule has 9 nitrogen and oxygen atoms in total. The molecule has 5 rings (SSSR count). The minimum absolute atomic E-state index is 0.0705. The first-order chi connectivity index (χ1) is 19.2. The molecule has 2 aromatic heterocycles. The summed E-state index contributed by atoms with van der Waals surface area (Å²) in [6.45, 7) is 2.17. The summed E-state index contributed by atoms with van der Waals surface area (Å²) < 4.78 is 53.6. The molecule has 1 saturated heterocycles. The van der Waals surface area contributed by atoms with Gasteiger partial charge < -0.3 is 14.6 Å². The SMILES string of the molecule is COCC(c1ccccc1)n1c(C2CCCO2)nc(=O)c(S(=O)(=O)c2ccc(-c3ccc(F)nc3C)cc2)c1O. The molecular weight excluding hydrogens is 537 g/mol. The summed E-state index contributed by atoms with van der Waals surface area (Å²) in [6, 6.07) is 16.9. The zero-order valence-electron chi connectivity index (χ0n) is 22.0. The number of sulfone groups is 1. The molecule has 0 radical (unpaired) electrons. The highest BCUT2D eigenvalue weighted by Gasteiger charge is 2.35. The normalized spacial score (nSPS) is 16.2. The van der Waals surface area contributed by atoms with Crippen molar-refractivity contribution in [3.63, 3.8) is 0 Å². The van der Waals surface area contributed by atoms with Crippen LogP contribution < -0.4 is 5.56 Å². The number of methoxy groups -OCH3 is 1. The standard InChI is InChI=1S/C29H28FN3O6S/c1-18-22(14-15-25(30)31-18)19-10-12-21(13-11-19)40(36,37)26-28(34)32-27(24-9-6-16-39-24)33(29(26)35)23(17-38-2)20-7-4-3-5-8-20/h3-5,7-8,10-15,23-24,35H,6,9,16-17H2,1-2H3.